The lowest BCUT2D eigenvalue weighted by Gasteiger charge is -2.11. The van der Waals surface area contributed by atoms with Crippen LogP contribution in [0.2, 0.25) is 0 Å². The minimum Gasteiger partial charge on any atom is -0.480 e. The van der Waals surface area contributed by atoms with Crippen molar-refractivity contribution in [1.82, 2.24) is 9.55 Å². The highest BCUT2D eigenvalue weighted by atomic mass is 32.2. The number of thioether (sulfide) groups is 1. The Bertz CT molecular complexity index is 598. The van der Waals surface area contributed by atoms with Gasteiger partial charge >= 0.3 is 5.97 Å². The van der Waals surface area contributed by atoms with E-state index in [9.17, 15) is 15.0 Å². The molecule has 2 aromatic rings. The summed E-state index contributed by atoms with van der Waals surface area (Å²) in [6.45, 7) is 2.29. The van der Waals surface area contributed by atoms with Crippen LogP contribution >= 0.6 is 11.8 Å². The summed E-state index contributed by atoms with van der Waals surface area (Å²) in [6, 6.07) is 9.86. The van der Waals surface area contributed by atoms with Gasteiger partial charge < -0.3 is 14.8 Å². The average Bonchev–Trinajstić information content (AvgIpc) is 2.87. The van der Waals surface area contributed by atoms with E-state index in [1.54, 1.807) is 6.20 Å². The molecule has 0 aliphatic carbocycles. The van der Waals surface area contributed by atoms with Crippen molar-refractivity contribution in [2.24, 2.45) is 0 Å². The molecule has 0 aliphatic rings. The molecule has 0 fully saturated rings. The van der Waals surface area contributed by atoms with Crippen molar-refractivity contribution in [2.75, 3.05) is 0 Å². The number of benzene rings is 1. The molecule has 2 N–H and O–H groups in total. The zero-order valence-electron chi connectivity index (χ0n) is 11.8. The third-order valence-corrected chi connectivity index (χ3v) is 4.40. The molecule has 112 valence electrons. The molecule has 0 aliphatic heterocycles. The maximum Gasteiger partial charge on any atom is 0.317 e. The van der Waals surface area contributed by atoms with Crippen molar-refractivity contribution >= 4 is 17.7 Å². The van der Waals surface area contributed by atoms with Gasteiger partial charge in [-0.3, -0.25) is 4.79 Å². The number of nitrogens with zero attached hydrogens (tertiary/aromatic N) is 2. The Kier molecular flexibility index (Phi) is 5.41. The molecule has 2 rings (SSSR count). The van der Waals surface area contributed by atoms with Crippen molar-refractivity contribution < 1.29 is 15.0 Å². The summed E-state index contributed by atoms with van der Waals surface area (Å²) in [5, 5.41) is 18.5. The van der Waals surface area contributed by atoms with Crippen LogP contribution in [0.25, 0.3) is 0 Å². The zero-order valence-corrected chi connectivity index (χ0v) is 12.6. The quantitative estimate of drug-likeness (QED) is 0.768. The molecule has 6 heteroatoms. The van der Waals surface area contributed by atoms with Crippen molar-refractivity contribution in [3.05, 3.63) is 47.8 Å². The SMILES string of the molecule is CC[C@@H](Sc1nc(CO)cn1Cc1ccccc1)C(=O)O. The minimum absolute atomic E-state index is 0.154. The predicted octanol–water partition coefficient (Wildman–Crippen LogP) is 2.38. The van der Waals surface area contributed by atoms with E-state index in [-0.39, 0.29) is 6.61 Å². The highest BCUT2D eigenvalue weighted by Crippen LogP contribution is 2.26. The highest BCUT2D eigenvalue weighted by Gasteiger charge is 2.20. The fraction of sp³-hybridized carbons (Fsp3) is 0.333. The number of carbonyl (C=O) groups is 1. The van der Waals surface area contributed by atoms with Crippen molar-refractivity contribution in [1.29, 1.82) is 0 Å². The molecular weight excluding hydrogens is 288 g/mol. The molecule has 0 amide bonds. The lowest BCUT2D eigenvalue weighted by Crippen LogP contribution is -2.16. The van der Waals surface area contributed by atoms with E-state index in [0.29, 0.717) is 23.8 Å². The van der Waals surface area contributed by atoms with E-state index < -0.39 is 11.2 Å². The van der Waals surface area contributed by atoms with Crippen LogP contribution in [0.15, 0.2) is 41.7 Å². The van der Waals surface area contributed by atoms with Gasteiger partial charge in [0.05, 0.1) is 12.3 Å². The van der Waals surface area contributed by atoms with Crippen LogP contribution in [0.4, 0.5) is 0 Å². The van der Waals surface area contributed by atoms with E-state index in [0.717, 1.165) is 5.56 Å². The van der Waals surface area contributed by atoms with Gasteiger partial charge in [-0.2, -0.15) is 0 Å². The van der Waals surface area contributed by atoms with Gasteiger partial charge in [0.2, 0.25) is 0 Å². The smallest absolute Gasteiger partial charge is 0.317 e. The largest absolute Gasteiger partial charge is 0.480 e. The molecule has 0 radical (unpaired) electrons. The second-order valence-corrected chi connectivity index (χ2v) is 5.81. The number of aromatic nitrogens is 2. The van der Waals surface area contributed by atoms with Gasteiger partial charge in [0, 0.05) is 12.7 Å². The average molecular weight is 306 g/mol. The molecule has 1 aromatic heterocycles. The number of aliphatic hydroxyl groups excluding tert-OH is 1. The summed E-state index contributed by atoms with van der Waals surface area (Å²) in [5.41, 5.74) is 1.65. The van der Waals surface area contributed by atoms with E-state index in [1.807, 2.05) is 41.8 Å². The van der Waals surface area contributed by atoms with Crippen LogP contribution in [0, 0.1) is 0 Å². The zero-order chi connectivity index (χ0) is 15.2. The van der Waals surface area contributed by atoms with E-state index in [2.05, 4.69) is 4.98 Å². The fourth-order valence-corrected chi connectivity index (χ4v) is 2.89. The first kappa shape index (κ1) is 15.6. The molecule has 0 saturated carbocycles. The molecule has 0 saturated heterocycles. The van der Waals surface area contributed by atoms with Crippen LogP contribution in [0.3, 0.4) is 0 Å². The van der Waals surface area contributed by atoms with Crippen LogP contribution in [0.5, 0.6) is 0 Å². The van der Waals surface area contributed by atoms with Gasteiger partial charge in [-0.1, -0.05) is 49.0 Å². The normalized spacial score (nSPS) is 12.3. The van der Waals surface area contributed by atoms with Crippen LogP contribution in [0.1, 0.15) is 24.6 Å². The monoisotopic (exact) mass is 306 g/mol. The fourth-order valence-electron chi connectivity index (χ4n) is 1.95. The number of aliphatic carboxylic acids is 1. The van der Waals surface area contributed by atoms with Gasteiger partial charge in [0.25, 0.3) is 0 Å². The Balaban J connectivity index is 2.23. The number of carboxylic acids is 1. The first-order valence-electron chi connectivity index (χ1n) is 6.74. The van der Waals surface area contributed by atoms with Gasteiger partial charge in [0.1, 0.15) is 5.25 Å². The first-order chi connectivity index (χ1) is 10.1. The second-order valence-electron chi connectivity index (χ2n) is 4.64. The predicted molar refractivity (Wildman–Crippen MR) is 81.3 cm³/mol. The molecule has 0 spiro atoms. The summed E-state index contributed by atoms with van der Waals surface area (Å²) in [4.78, 5) is 15.5. The molecule has 0 bridgehead atoms. The van der Waals surface area contributed by atoms with Gasteiger partial charge in [-0.15, -0.1) is 0 Å². The summed E-state index contributed by atoms with van der Waals surface area (Å²) < 4.78 is 1.89. The molecule has 1 atom stereocenters. The molecule has 0 unspecified atom stereocenters. The van der Waals surface area contributed by atoms with Gasteiger partial charge in [-0.25, -0.2) is 4.98 Å². The van der Waals surface area contributed by atoms with E-state index in [1.165, 1.54) is 11.8 Å². The maximum atomic E-state index is 11.2. The summed E-state index contributed by atoms with van der Waals surface area (Å²) >= 11 is 1.22. The molecule has 1 aromatic carbocycles. The van der Waals surface area contributed by atoms with E-state index >= 15 is 0 Å². The molecule has 5 nitrogen and oxygen atoms in total. The molecule has 21 heavy (non-hydrogen) atoms. The lowest BCUT2D eigenvalue weighted by atomic mass is 10.2. The maximum absolute atomic E-state index is 11.2. The topological polar surface area (TPSA) is 75.4 Å². The van der Waals surface area contributed by atoms with Crippen LogP contribution < -0.4 is 0 Å². The summed E-state index contributed by atoms with van der Waals surface area (Å²) in [7, 11) is 0. The van der Waals surface area contributed by atoms with Crippen molar-refractivity contribution in [2.45, 2.75) is 36.9 Å². The van der Waals surface area contributed by atoms with Crippen molar-refractivity contribution in [3.8, 4) is 0 Å². The minimum atomic E-state index is -0.845. The van der Waals surface area contributed by atoms with Crippen LogP contribution in [-0.4, -0.2) is 31.0 Å². The Morgan fingerprint density at radius 3 is 2.67 bits per heavy atom. The highest BCUT2D eigenvalue weighted by molar-refractivity contribution is 8.00. The second kappa shape index (κ2) is 7.28. The standard InChI is InChI=1S/C15H18N2O3S/c1-2-13(14(19)20)21-15-16-12(10-18)9-17(15)8-11-6-4-3-5-7-11/h3-7,9,13,18H,2,8,10H2,1H3,(H,19,20)/t13-/m1/s1. The van der Waals surface area contributed by atoms with E-state index in [4.69, 9.17) is 0 Å². The third kappa shape index (κ3) is 4.09. The van der Waals surface area contributed by atoms with Crippen LogP contribution in [-0.2, 0) is 17.9 Å². The Labute approximate surface area is 127 Å². The summed E-state index contributed by atoms with van der Waals surface area (Å²) in [5.74, 6) is -0.845. The first-order valence-corrected chi connectivity index (χ1v) is 7.62. The Hall–Kier alpha value is -1.79. The number of hydrogen-bond acceptors (Lipinski definition) is 4. The van der Waals surface area contributed by atoms with Crippen molar-refractivity contribution in [3.63, 3.8) is 0 Å². The number of hydrogen-bond donors (Lipinski definition) is 2. The van der Waals surface area contributed by atoms with Gasteiger partial charge in [0.15, 0.2) is 5.16 Å². The Morgan fingerprint density at radius 2 is 2.10 bits per heavy atom. The number of imidazole rings is 1. The number of aliphatic hydroxyl groups is 1. The molecule has 1 heterocycles. The number of carboxylic acid groups (broad SMARTS) is 1. The number of rotatable bonds is 7. The van der Waals surface area contributed by atoms with Gasteiger partial charge in [-0.05, 0) is 12.0 Å². The molecular formula is C15H18N2O3S. The Morgan fingerprint density at radius 1 is 1.38 bits per heavy atom. The third-order valence-electron chi connectivity index (χ3n) is 3.04. The summed E-state index contributed by atoms with van der Waals surface area (Å²) in [6.07, 6.45) is 2.29. The lowest BCUT2D eigenvalue weighted by molar-refractivity contribution is -0.136.